The lowest BCUT2D eigenvalue weighted by atomic mass is 10.0. The Hall–Kier alpha value is -2.31. The van der Waals surface area contributed by atoms with E-state index in [1.54, 1.807) is 6.20 Å². The molecule has 1 N–H and O–H groups in total. The highest BCUT2D eigenvalue weighted by Gasteiger charge is 2.21. The van der Waals surface area contributed by atoms with Crippen LogP contribution in [-0.2, 0) is 13.0 Å². The van der Waals surface area contributed by atoms with Gasteiger partial charge in [-0.2, -0.15) is 0 Å². The van der Waals surface area contributed by atoms with E-state index in [0.717, 1.165) is 51.1 Å². The first-order chi connectivity index (χ1) is 13.1. The molecule has 1 amide bonds. The van der Waals surface area contributed by atoms with Crippen molar-refractivity contribution in [3.05, 3.63) is 59.7 Å². The van der Waals surface area contributed by atoms with Crippen LogP contribution in [-0.4, -0.2) is 65.4 Å². The number of rotatable bonds is 7. The van der Waals surface area contributed by atoms with Crippen molar-refractivity contribution < 1.29 is 4.79 Å². The van der Waals surface area contributed by atoms with Crippen molar-refractivity contribution in [1.82, 2.24) is 25.1 Å². The van der Waals surface area contributed by atoms with Crippen molar-refractivity contribution in [2.75, 3.05) is 33.7 Å². The third-order valence-electron chi connectivity index (χ3n) is 4.95. The highest BCUT2D eigenvalue weighted by molar-refractivity contribution is 5.94. The molecule has 3 heterocycles. The van der Waals surface area contributed by atoms with Crippen molar-refractivity contribution in [3.8, 4) is 0 Å². The minimum absolute atomic E-state index is 0.0193. The maximum Gasteiger partial charge on any atom is 0.253 e. The highest BCUT2D eigenvalue weighted by atomic mass is 16.1. The average molecular weight is 367 g/mol. The Kier molecular flexibility index (Phi) is 6.90. The van der Waals surface area contributed by atoms with E-state index < -0.39 is 0 Å². The van der Waals surface area contributed by atoms with E-state index in [1.165, 1.54) is 5.56 Å². The number of hydrogen-bond acceptors (Lipinski definition) is 5. The largest absolute Gasteiger partial charge is 0.349 e. The summed E-state index contributed by atoms with van der Waals surface area (Å²) in [5.41, 5.74) is 2.93. The Morgan fingerprint density at radius 1 is 1.19 bits per heavy atom. The van der Waals surface area contributed by atoms with Crippen molar-refractivity contribution in [2.24, 2.45) is 0 Å². The molecule has 1 aliphatic heterocycles. The summed E-state index contributed by atoms with van der Waals surface area (Å²) in [5.74, 6) is -0.0193. The first kappa shape index (κ1) is 19.5. The summed E-state index contributed by atoms with van der Waals surface area (Å²) in [7, 11) is 4.01. The van der Waals surface area contributed by atoms with Crippen LogP contribution in [0.3, 0.4) is 0 Å². The number of hydrogen-bond donors (Lipinski definition) is 1. The molecule has 6 heteroatoms. The number of carbonyl (C=O) groups excluding carboxylic acids is 1. The van der Waals surface area contributed by atoms with Gasteiger partial charge in [-0.15, -0.1) is 0 Å². The van der Waals surface area contributed by atoms with Gasteiger partial charge in [-0.1, -0.05) is 0 Å². The van der Waals surface area contributed by atoms with Gasteiger partial charge in [0.1, 0.15) is 0 Å². The molecule has 0 aliphatic carbocycles. The smallest absolute Gasteiger partial charge is 0.253 e. The second-order valence-electron chi connectivity index (χ2n) is 7.47. The summed E-state index contributed by atoms with van der Waals surface area (Å²) < 4.78 is 0. The Morgan fingerprint density at radius 2 is 1.93 bits per heavy atom. The van der Waals surface area contributed by atoms with Gasteiger partial charge in [0.05, 0.1) is 11.3 Å². The van der Waals surface area contributed by atoms with Crippen LogP contribution < -0.4 is 5.32 Å². The lowest BCUT2D eigenvalue weighted by molar-refractivity contribution is 0.0911. The first-order valence-corrected chi connectivity index (χ1v) is 9.62. The van der Waals surface area contributed by atoms with Crippen LogP contribution >= 0.6 is 0 Å². The van der Waals surface area contributed by atoms with Crippen LogP contribution in [0, 0.1) is 0 Å². The van der Waals surface area contributed by atoms with Crippen molar-refractivity contribution in [3.63, 3.8) is 0 Å². The standard InChI is InChI=1S/C21H29N5O/c1-25(2)16-20-4-3-18(15-23-20)21(27)24-19-8-13-26(14-9-19)12-7-17-5-10-22-11-6-17/h3-6,10-11,15,19H,7-9,12-14,16H2,1-2H3,(H,24,27). The van der Waals surface area contributed by atoms with E-state index in [9.17, 15) is 4.79 Å². The molecule has 1 saturated heterocycles. The minimum Gasteiger partial charge on any atom is -0.349 e. The number of nitrogens with zero attached hydrogens (tertiary/aromatic N) is 4. The summed E-state index contributed by atoms with van der Waals surface area (Å²) in [6.07, 6.45) is 8.41. The zero-order chi connectivity index (χ0) is 19.1. The van der Waals surface area contributed by atoms with E-state index in [0.29, 0.717) is 5.56 Å². The van der Waals surface area contributed by atoms with Gasteiger partial charge < -0.3 is 15.1 Å². The molecule has 0 saturated carbocycles. The van der Waals surface area contributed by atoms with Crippen LogP contribution in [0.5, 0.6) is 0 Å². The zero-order valence-electron chi connectivity index (χ0n) is 16.3. The third-order valence-corrected chi connectivity index (χ3v) is 4.95. The molecule has 1 fully saturated rings. The summed E-state index contributed by atoms with van der Waals surface area (Å²) in [5, 5.41) is 3.17. The molecule has 27 heavy (non-hydrogen) atoms. The normalized spacial score (nSPS) is 15.8. The third kappa shape index (κ3) is 6.12. The van der Waals surface area contributed by atoms with Gasteiger partial charge in [0.15, 0.2) is 0 Å². The van der Waals surface area contributed by atoms with E-state index in [4.69, 9.17) is 0 Å². The maximum atomic E-state index is 12.5. The zero-order valence-corrected chi connectivity index (χ0v) is 16.3. The van der Waals surface area contributed by atoms with Gasteiger partial charge >= 0.3 is 0 Å². The number of pyridine rings is 2. The SMILES string of the molecule is CN(C)Cc1ccc(C(=O)NC2CCN(CCc3ccncc3)CC2)cn1. The Balaban J connectivity index is 1.41. The summed E-state index contributed by atoms with van der Waals surface area (Å²) in [6.45, 7) is 3.88. The molecule has 2 aromatic rings. The molecule has 0 bridgehead atoms. The van der Waals surface area contributed by atoms with E-state index in [-0.39, 0.29) is 11.9 Å². The number of nitrogens with one attached hydrogen (secondary N) is 1. The van der Waals surface area contributed by atoms with E-state index in [2.05, 4.69) is 37.2 Å². The fourth-order valence-electron chi connectivity index (χ4n) is 3.38. The van der Waals surface area contributed by atoms with Gasteiger partial charge in [-0.3, -0.25) is 14.8 Å². The fourth-order valence-corrected chi connectivity index (χ4v) is 3.38. The number of likely N-dealkylation sites (tertiary alicyclic amines) is 1. The van der Waals surface area contributed by atoms with Crippen LogP contribution in [0.25, 0.3) is 0 Å². The van der Waals surface area contributed by atoms with Crippen molar-refractivity contribution >= 4 is 5.91 Å². The van der Waals surface area contributed by atoms with Gasteiger partial charge in [0, 0.05) is 50.8 Å². The maximum absolute atomic E-state index is 12.5. The molecule has 0 unspecified atom stereocenters. The lowest BCUT2D eigenvalue weighted by Gasteiger charge is -2.32. The van der Waals surface area contributed by atoms with Crippen molar-refractivity contribution in [2.45, 2.75) is 31.8 Å². The number of aromatic nitrogens is 2. The number of amides is 1. The fraction of sp³-hybridized carbons (Fsp3) is 0.476. The molecule has 0 aromatic carbocycles. The summed E-state index contributed by atoms with van der Waals surface area (Å²) >= 11 is 0. The van der Waals surface area contributed by atoms with Crippen LogP contribution in [0.4, 0.5) is 0 Å². The lowest BCUT2D eigenvalue weighted by Crippen LogP contribution is -2.45. The molecule has 6 nitrogen and oxygen atoms in total. The number of carbonyl (C=O) groups is 1. The quantitative estimate of drug-likeness (QED) is 0.811. The Morgan fingerprint density at radius 3 is 2.56 bits per heavy atom. The molecule has 2 aromatic heterocycles. The predicted molar refractivity (Wildman–Crippen MR) is 106 cm³/mol. The number of piperidine rings is 1. The van der Waals surface area contributed by atoms with E-state index >= 15 is 0 Å². The summed E-state index contributed by atoms with van der Waals surface area (Å²) in [4.78, 5) is 25.4. The molecular formula is C21H29N5O. The van der Waals surface area contributed by atoms with Gasteiger partial charge in [-0.05, 0) is 63.2 Å². The predicted octanol–water partition coefficient (Wildman–Crippen LogP) is 1.98. The average Bonchev–Trinajstić information content (AvgIpc) is 2.68. The van der Waals surface area contributed by atoms with Crippen LogP contribution in [0.2, 0.25) is 0 Å². The summed E-state index contributed by atoms with van der Waals surface area (Å²) in [6, 6.07) is 8.19. The van der Waals surface area contributed by atoms with Crippen LogP contribution in [0.15, 0.2) is 42.9 Å². The van der Waals surface area contributed by atoms with Gasteiger partial charge in [0.25, 0.3) is 5.91 Å². The van der Waals surface area contributed by atoms with Gasteiger partial charge in [-0.25, -0.2) is 0 Å². The molecule has 0 spiro atoms. The van der Waals surface area contributed by atoms with Gasteiger partial charge in [0.2, 0.25) is 0 Å². The second kappa shape index (κ2) is 9.58. The minimum atomic E-state index is -0.0193. The second-order valence-corrected chi connectivity index (χ2v) is 7.47. The Labute approximate surface area is 161 Å². The highest BCUT2D eigenvalue weighted by Crippen LogP contribution is 2.12. The van der Waals surface area contributed by atoms with Crippen LogP contribution in [0.1, 0.15) is 34.5 Å². The molecule has 0 radical (unpaired) electrons. The van der Waals surface area contributed by atoms with Crippen molar-refractivity contribution in [1.29, 1.82) is 0 Å². The molecule has 144 valence electrons. The van der Waals surface area contributed by atoms with E-state index in [1.807, 2.05) is 38.6 Å². The molecule has 3 rings (SSSR count). The molecule has 0 atom stereocenters. The Bertz CT molecular complexity index is 709. The monoisotopic (exact) mass is 367 g/mol. The topological polar surface area (TPSA) is 61.4 Å². The first-order valence-electron chi connectivity index (χ1n) is 9.62. The molecule has 1 aliphatic rings. The molecular weight excluding hydrogens is 338 g/mol.